The SMILES string of the molecule is Fc1cccc(CCl)c1N1CCCCCC1. The van der Waals surface area contributed by atoms with Gasteiger partial charge in [0, 0.05) is 19.0 Å². The van der Waals surface area contributed by atoms with Gasteiger partial charge in [0.05, 0.1) is 5.69 Å². The van der Waals surface area contributed by atoms with Crippen LogP contribution in [0.15, 0.2) is 18.2 Å². The first kappa shape index (κ1) is 11.7. The highest BCUT2D eigenvalue weighted by molar-refractivity contribution is 6.17. The predicted octanol–water partition coefficient (Wildman–Crippen LogP) is 3.94. The van der Waals surface area contributed by atoms with Crippen LogP contribution < -0.4 is 4.90 Å². The molecule has 88 valence electrons. The van der Waals surface area contributed by atoms with Crippen LogP contribution in [-0.4, -0.2) is 13.1 Å². The summed E-state index contributed by atoms with van der Waals surface area (Å²) in [5.74, 6) is 0.240. The Morgan fingerprint density at radius 1 is 1.12 bits per heavy atom. The summed E-state index contributed by atoms with van der Waals surface area (Å²) in [6, 6.07) is 5.17. The molecule has 0 spiro atoms. The molecule has 1 fully saturated rings. The maximum absolute atomic E-state index is 13.9. The van der Waals surface area contributed by atoms with Gasteiger partial charge in [-0.25, -0.2) is 4.39 Å². The Bertz CT molecular complexity index is 346. The van der Waals surface area contributed by atoms with Crippen LogP contribution in [0.4, 0.5) is 10.1 Å². The topological polar surface area (TPSA) is 3.24 Å². The standard InChI is InChI=1S/C13H17ClFN/c14-10-11-6-5-7-12(15)13(11)16-8-3-1-2-4-9-16/h5-7H,1-4,8-10H2. The first-order valence-electron chi connectivity index (χ1n) is 5.91. The number of rotatable bonds is 2. The number of benzene rings is 1. The second-order valence-electron chi connectivity index (χ2n) is 4.28. The van der Waals surface area contributed by atoms with Crippen LogP contribution in [-0.2, 0) is 5.88 Å². The maximum Gasteiger partial charge on any atom is 0.146 e. The lowest BCUT2D eigenvalue weighted by Crippen LogP contribution is -2.26. The molecule has 0 amide bonds. The molecule has 0 radical (unpaired) electrons. The highest BCUT2D eigenvalue weighted by Crippen LogP contribution is 2.28. The van der Waals surface area contributed by atoms with Crippen molar-refractivity contribution in [3.05, 3.63) is 29.6 Å². The summed E-state index contributed by atoms with van der Waals surface area (Å²) in [6.07, 6.45) is 4.80. The summed E-state index contributed by atoms with van der Waals surface area (Å²) in [6.45, 7) is 1.90. The molecule has 0 atom stereocenters. The average molecular weight is 242 g/mol. The molecule has 1 aliphatic rings. The fourth-order valence-corrected chi connectivity index (χ4v) is 2.53. The molecule has 1 nitrogen and oxygen atoms in total. The van der Waals surface area contributed by atoms with Gasteiger partial charge in [0.25, 0.3) is 0 Å². The van der Waals surface area contributed by atoms with E-state index in [9.17, 15) is 4.39 Å². The summed E-state index contributed by atoms with van der Waals surface area (Å²) in [4.78, 5) is 2.15. The van der Waals surface area contributed by atoms with E-state index in [-0.39, 0.29) is 5.82 Å². The largest absolute Gasteiger partial charge is 0.369 e. The molecule has 0 aliphatic carbocycles. The van der Waals surface area contributed by atoms with Crippen LogP contribution >= 0.6 is 11.6 Å². The third-order valence-electron chi connectivity index (χ3n) is 3.14. The minimum atomic E-state index is -0.139. The van der Waals surface area contributed by atoms with E-state index in [1.165, 1.54) is 18.9 Å². The van der Waals surface area contributed by atoms with Gasteiger partial charge in [0.1, 0.15) is 5.82 Å². The van der Waals surface area contributed by atoms with Crippen LogP contribution in [0.3, 0.4) is 0 Å². The van der Waals surface area contributed by atoms with Gasteiger partial charge in [-0.05, 0) is 24.5 Å². The molecule has 1 aliphatic heterocycles. The summed E-state index contributed by atoms with van der Waals surface area (Å²) < 4.78 is 13.9. The van der Waals surface area contributed by atoms with Crippen LogP contribution in [0.25, 0.3) is 0 Å². The highest BCUT2D eigenvalue weighted by Gasteiger charge is 2.16. The van der Waals surface area contributed by atoms with E-state index in [4.69, 9.17) is 11.6 Å². The van der Waals surface area contributed by atoms with E-state index < -0.39 is 0 Å². The zero-order valence-electron chi connectivity index (χ0n) is 9.38. The predicted molar refractivity (Wildman–Crippen MR) is 66.6 cm³/mol. The van der Waals surface area contributed by atoms with Crippen molar-refractivity contribution in [1.29, 1.82) is 0 Å². The Morgan fingerprint density at radius 3 is 2.44 bits per heavy atom. The van der Waals surface area contributed by atoms with Crippen LogP contribution in [0, 0.1) is 5.82 Å². The van der Waals surface area contributed by atoms with Crippen LogP contribution in [0.5, 0.6) is 0 Å². The monoisotopic (exact) mass is 241 g/mol. The molecule has 16 heavy (non-hydrogen) atoms. The smallest absolute Gasteiger partial charge is 0.146 e. The van der Waals surface area contributed by atoms with Gasteiger partial charge in [0.2, 0.25) is 0 Å². The Labute approximate surface area is 101 Å². The van der Waals surface area contributed by atoms with Gasteiger partial charge >= 0.3 is 0 Å². The maximum atomic E-state index is 13.9. The number of anilines is 1. The molecular formula is C13H17ClFN. The number of alkyl halides is 1. The Balaban J connectivity index is 2.29. The quantitative estimate of drug-likeness (QED) is 0.709. The lowest BCUT2D eigenvalue weighted by Gasteiger charge is -2.25. The van der Waals surface area contributed by atoms with Crippen LogP contribution in [0.2, 0.25) is 0 Å². The van der Waals surface area contributed by atoms with E-state index >= 15 is 0 Å². The summed E-state index contributed by atoms with van der Waals surface area (Å²) in [5, 5.41) is 0. The third-order valence-corrected chi connectivity index (χ3v) is 3.42. The molecule has 1 heterocycles. The normalized spacial score (nSPS) is 17.2. The van der Waals surface area contributed by atoms with Crippen molar-refractivity contribution in [2.24, 2.45) is 0 Å². The average Bonchev–Trinajstić information content (AvgIpc) is 2.57. The number of hydrogen-bond acceptors (Lipinski definition) is 1. The Kier molecular flexibility index (Phi) is 4.05. The van der Waals surface area contributed by atoms with Crippen molar-refractivity contribution < 1.29 is 4.39 Å². The molecule has 1 aromatic carbocycles. The van der Waals surface area contributed by atoms with E-state index in [0.29, 0.717) is 5.88 Å². The zero-order chi connectivity index (χ0) is 11.4. The fraction of sp³-hybridized carbons (Fsp3) is 0.538. The molecule has 0 bridgehead atoms. The molecule has 0 unspecified atom stereocenters. The van der Waals surface area contributed by atoms with Gasteiger partial charge in [-0.3, -0.25) is 0 Å². The van der Waals surface area contributed by atoms with Gasteiger partial charge < -0.3 is 4.90 Å². The first-order valence-corrected chi connectivity index (χ1v) is 6.44. The molecule has 2 rings (SSSR count). The van der Waals surface area contributed by atoms with Crippen LogP contribution in [0.1, 0.15) is 31.2 Å². The first-order chi connectivity index (χ1) is 7.83. The summed E-state index contributed by atoms with van der Waals surface area (Å²) in [7, 11) is 0. The molecule has 3 heteroatoms. The van der Waals surface area contributed by atoms with Gasteiger partial charge in [-0.1, -0.05) is 25.0 Å². The minimum absolute atomic E-state index is 0.139. The lowest BCUT2D eigenvalue weighted by atomic mass is 10.1. The third kappa shape index (κ3) is 2.49. The van der Waals surface area contributed by atoms with Gasteiger partial charge in [-0.15, -0.1) is 11.6 Å². The van der Waals surface area contributed by atoms with E-state index in [2.05, 4.69) is 4.90 Å². The molecular weight excluding hydrogens is 225 g/mol. The lowest BCUT2D eigenvalue weighted by molar-refractivity contribution is 0.615. The molecule has 1 aromatic rings. The van der Waals surface area contributed by atoms with E-state index in [0.717, 1.165) is 37.2 Å². The van der Waals surface area contributed by atoms with E-state index in [1.807, 2.05) is 6.07 Å². The molecule has 1 saturated heterocycles. The molecule has 0 aromatic heterocycles. The number of halogens is 2. The fourth-order valence-electron chi connectivity index (χ4n) is 2.32. The van der Waals surface area contributed by atoms with Crippen molar-refractivity contribution in [2.75, 3.05) is 18.0 Å². The second kappa shape index (κ2) is 5.53. The highest BCUT2D eigenvalue weighted by atomic mass is 35.5. The van der Waals surface area contributed by atoms with E-state index in [1.54, 1.807) is 6.07 Å². The number of nitrogens with zero attached hydrogens (tertiary/aromatic N) is 1. The Hall–Kier alpha value is -0.760. The van der Waals surface area contributed by atoms with Crippen molar-refractivity contribution >= 4 is 17.3 Å². The Morgan fingerprint density at radius 2 is 1.81 bits per heavy atom. The molecule has 0 saturated carbocycles. The van der Waals surface area contributed by atoms with Crippen molar-refractivity contribution in [2.45, 2.75) is 31.6 Å². The molecule has 0 N–H and O–H groups in total. The summed E-state index contributed by atoms with van der Waals surface area (Å²) >= 11 is 5.87. The second-order valence-corrected chi connectivity index (χ2v) is 4.55. The zero-order valence-corrected chi connectivity index (χ0v) is 10.1. The van der Waals surface area contributed by atoms with Crippen molar-refractivity contribution in [3.63, 3.8) is 0 Å². The summed E-state index contributed by atoms with van der Waals surface area (Å²) in [5.41, 5.74) is 1.63. The minimum Gasteiger partial charge on any atom is -0.369 e. The van der Waals surface area contributed by atoms with Gasteiger partial charge in [0.15, 0.2) is 0 Å². The van der Waals surface area contributed by atoms with Crippen molar-refractivity contribution in [1.82, 2.24) is 0 Å². The number of hydrogen-bond donors (Lipinski definition) is 0. The van der Waals surface area contributed by atoms with Crippen molar-refractivity contribution in [3.8, 4) is 0 Å². The number of para-hydroxylation sites is 1. The van der Waals surface area contributed by atoms with Gasteiger partial charge in [-0.2, -0.15) is 0 Å².